The van der Waals surface area contributed by atoms with E-state index in [0.29, 0.717) is 0 Å². The topological polar surface area (TPSA) is 0 Å². The van der Waals surface area contributed by atoms with Crippen LogP contribution in [0.25, 0.3) is 0 Å². The zero-order valence-electron chi connectivity index (χ0n) is 7.68. The van der Waals surface area contributed by atoms with Gasteiger partial charge in [-0.1, -0.05) is 37.6 Å². The van der Waals surface area contributed by atoms with Gasteiger partial charge in [-0.3, -0.25) is 0 Å². The molecule has 0 aromatic heterocycles. The molecule has 0 bridgehead atoms. The molecule has 1 rings (SSSR count). The molecule has 0 atom stereocenters. The summed E-state index contributed by atoms with van der Waals surface area (Å²) in [5, 5.41) is 0.844. The fourth-order valence-corrected chi connectivity index (χ4v) is 1.36. The van der Waals surface area contributed by atoms with E-state index in [9.17, 15) is 0 Å². The third-order valence-corrected chi connectivity index (χ3v) is 2.13. The van der Waals surface area contributed by atoms with Crippen LogP contribution < -0.4 is 0 Å². The van der Waals surface area contributed by atoms with Crippen molar-refractivity contribution in [2.45, 2.75) is 26.7 Å². The van der Waals surface area contributed by atoms with Gasteiger partial charge in [-0.25, -0.2) is 0 Å². The van der Waals surface area contributed by atoms with Gasteiger partial charge in [-0.15, -0.1) is 0 Å². The van der Waals surface area contributed by atoms with Gasteiger partial charge in [0.05, 0.1) is 0 Å². The Morgan fingerprint density at radius 2 is 2.08 bits per heavy atom. The lowest BCUT2D eigenvalue weighted by Crippen LogP contribution is -1.91. The van der Waals surface area contributed by atoms with E-state index in [1.165, 1.54) is 12.0 Å². The van der Waals surface area contributed by atoms with Gasteiger partial charge < -0.3 is 0 Å². The number of hydrogen-bond donors (Lipinski definition) is 0. The maximum Gasteiger partial charge on any atom is 0.0408 e. The molecule has 0 aliphatic rings. The zero-order chi connectivity index (χ0) is 8.97. The van der Waals surface area contributed by atoms with Crippen LogP contribution in [0.4, 0.5) is 0 Å². The van der Waals surface area contributed by atoms with Gasteiger partial charge in [0, 0.05) is 5.02 Å². The smallest absolute Gasteiger partial charge is 0.0408 e. The fraction of sp³-hybridized carbons (Fsp3) is 0.455. The fourth-order valence-electron chi connectivity index (χ4n) is 1.15. The molecule has 1 aromatic carbocycles. The second-order valence-corrected chi connectivity index (χ2v) is 4.00. The molecule has 0 spiro atoms. The molecular weight excluding hydrogens is 168 g/mol. The molecule has 0 amide bonds. The standard InChI is InChI=1S/C11H15Cl/c1-9(2)6-7-10-4-3-5-11(12)8-10/h3-5,8-9H,6-7H2,1-2H3. The molecule has 0 saturated carbocycles. The van der Waals surface area contributed by atoms with Gasteiger partial charge in [0.25, 0.3) is 0 Å². The lowest BCUT2D eigenvalue weighted by Gasteiger charge is -2.04. The Hall–Kier alpha value is -0.490. The minimum atomic E-state index is 0.768. The van der Waals surface area contributed by atoms with Crippen LogP contribution in [-0.4, -0.2) is 0 Å². The van der Waals surface area contributed by atoms with Crippen molar-refractivity contribution in [2.75, 3.05) is 0 Å². The summed E-state index contributed by atoms with van der Waals surface area (Å²) in [5.41, 5.74) is 1.34. The van der Waals surface area contributed by atoms with Gasteiger partial charge in [0.15, 0.2) is 0 Å². The molecule has 0 heterocycles. The number of halogens is 1. The maximum atomic E-state index is 5.86. The molecule has 0 nitrogen and oxygen atoms in total. The number of hydrogen-bond acceptors (Lipinski definition) is 0. The Morgan fingerprint density at radius 3 is 2.67 bits per heavy atom. The highest BCUT2D eigenvalue weighted by molar-refractivity contribution is 6.30. The van der Waals surface area contributed by atoms with Crippen LogP contribution in [0.15, 0.2) is 24.3 Å². The van der Waals surface area contributed by atoms with Crippen molar-refractivity contribution in [2.24, 2.45) is 5.92 Å². The largest absolute Gasteiger partial charge is 0.0843 e. The molecule has 66 valence electrons. The first-order chi connectivity index (χ1) is 5.68. The minimum absolute atomic E-state index is 0.768. The van der Waals surface area contributed by atoms with E-state index in [1.54, 1.807) is 0 Å². The number of rotatable bonds is 3. The van der Waals surface area contributed by atoms with Crippen molar-refractivity contribution in [1.29, 1.82) is 0 Å². The average molecular weight is 183 g/mol. The van der Waals surface area contributed by atoms with E-state index in [4.69, 9.17) is 11.6 Å². The van der Waals surface area contributed by atoms with E-state index in [-0.39, 0.29) is 0 Å². The predicted molar refractivity (Wildman–Crippen MR) is 54.6 cm³/mol. The van der Waals surface area contributed by atoms with E-state index < -0.39 is 0 Å². The van der Waals surface area contributed by atoms with Gasteiger partial charge in [0.1, 0.15) is 0 Å². The molecule has 0 aliphatic carbocycles. The number of aryl methyl sites for hydroxylation is 1. The summed E-state index contributed by atoms with van der Waals surface area (Å²) in [7, 11) is 0. The highest BCUT2D eigenvalue weighted by atomic mass is 35.5. The summed E-state index contributed by atoms with van der Waals surface area (Å²) in [5.74, 6) is 0.768. The summed E-state index contributed by atoms with van der Waals surface area (Å²) in [6.07, 6.45) is 2.37. The van der Waals surface area contributed by atoms with Crippen molar-refractivity contribution < 1.29 is 0 Å². The zero-order valence-corrected chi connectivity index (χ0v) is 8.43. The van der Waals surface area contributed by atoms with Crippen molar-refractivity contribution >= 4 is 11.6 Å². The molecule has 0 unspecified atom stereocenters. The molecule has 12 heavy (non-hydrogen) atoms. The number of benzene rings is 1. The SMILES string of the molecule is CC(C)CCc1cccc(Cl)c1. The van der Waals surface area contributed by atoms with Crippen molar-refractivity contribution in [3.63, 3.8) is 0 Å². The van der Waals surface area contributed by atoms with Crippen molar-refractivity contribution in [3.8, 4) is 0 Å². The first-order valence-corrected chi connectivity index (χ1v) is 4.80. The van der Waals surface area contributed by atoms with Gasteiger partial charge in [-0.05, 0) is 36.5 Å². The quantitative estimate of drug-likeness (QED) is 0.665. The Kier molecular flexibility index (Phi) is 3.61. The third-order valence-electron chi connectivity index (χ3n) is 1.90. The third kappa shape index (κ3) is 3.27. The predicted octanol–water partition coefficient (Wildman–Crippen LogP) is 3.93. The molecule has 0 N–H and O–H groups in total. The monoisotopic (exact) mass is 182 g/mol. The highest BCUT2D eigenvalue weighted by Crippen LogP contribution is 2.14. The molecule has 0 radical (unpaired) electrons. The van der Waals surface area contributed by atoms with Crippen LogP contribution in [0.2, 0.25) is 5.02 Å². The van der Waals surface area contributed by atoms with E-state index in [2.05, 4.69) is 19.9 Å². The van der Waals surface area contributed by atoms with Crippen LogP contribution in [-0.2, 0) is 6.42 Å². The molecule has 0 saturated heterocycles. The van der Waals surface area contributed by atoms with Crippen LogP contribution in [0.3, 0.4) is 0 Å². The van der Waals surface area contributed by atoms with Gasteiger partial charge in [-0.2, -0.15) is 0 Å². The lowest BCUT2D eigenvalue weighted by molar-refractivity contribution is 0.587. The summed E-state index contributed by atoms with van der Waals surface area (Å²) >= 11 is 5.86. The van der Waals surface area contributed by atoms with Crippen LogP contribution in [0.5, 0.6) is 0 Å². The molecule has 1 aromatic rings. The highest BCUT2D eigenvalue weighted by Gasteiger charge is 1.96. The van der Waals surface area contributed by atoms with E-state index in [0.717, 1.165) is 17.4 Å². The summed E-state index contributed by atoms with van der Waals surface area (Å²) in [4.78, 5) is 0. The Bertz CT molecular complexity index is 241. The van der Waals surface area contributed by atoms with E-state index in [1.807, 2.05) is 18.2 Å². The minimum Gasteiger partial charge on any atom is -0.0843 e. The normalized spacial score (nSPS) is 10.7. The summed E-state index contributed by atoms with van der Waals surface area (Å²) < 4.78 is 0. The molecule has 0 aliphatic heterocycles. The van der Waals surface area contributed by atoms with Gasteiger partial charge in [0.2, 0.25) is 0 Å². The Balaban J connectivity index is 2.52. The molecule has 1 heteroatoms. The summed E-state index contributed by atoms with van der Waals surface area (Å²) in [6, 6.07) is 8.11. The first kappa shape index (κ1) is 9.60. The molecular formula is C11H15Cl. The Labute approximate surface area is 79.6 Å². The lowest BCUT2D eigenvalue weighted by atomic mass is 10.0. The van der Waals surface area contributed by atoms with Gasteiger partial charge >= 0.3 is 0 Å². The second-order valence-electron chi connectivity index (χ2n) is 3.56. The molecule has 0 fully saturated rings. The van der Waals surface area contributed by atoms with Crippen LogP contribution in [0.1, 0.15) is 25.8 Å². The van der Waals surface area contributed by atoms with Crippen molar-refractivity contribution in [1.82, 2.24) is 0 Å². The average Bonchev–Trinajstić information content (AvgIpc) is 2.01. The summed E-state index contributed by atoms with van der Waals surface area (Å²) in [6.45, 7) is 4.48. The van der Waals surface area contributed by atoms with Crippen LogP contribution >= 0.6 is 11.6 Å². The van der Waals surface area contributed by atoms with E-state index >= 15 is 0 Å². The van der Waals surface area contributed by atoms with Crippen LogP contribution in [0, 0.1) is 5.92 Å². The second kappa shape index (κ2) is 4.51. The van der Waals surface area contributed by atoms with Crippen molar-refractivity contribution in [3.05, 3.63) is 34.9 Å². The Morgan fingerprint density at radius 1 is 1.33 bits per heavy atom. The first-order valence-electron chi connectivity index (χ1n) is 4.43. The maximum absolute atomic E-state index is 5.86.